The van der Waals surface area contributed by atoms with Crippen molar-refractivity contribution in [3.8, 4) is 0 Å². The fourth-order valence-electron chi connectivity index (χ4n) is 3.13. The van der Waals surface area contributed by atoms with E-state index >= 15 is 0 Å². The van der Waals surface area contributed by atoms with Crippen LogP contribution in [0.2, 0.25) is 0 Å². The molecule has 0 aromatic heterocycles. The average Bonchev–Trinajstić information content (AvgIpc) is 2.65. The van der Waals surface area contributed by atoms with E-state index in [1.807, 2.05) is 13.8 Å². The van der Waals surface area contributed by atoms with E-state index < -0.39 is 51.1 Å². The fourth-order valence-corrected chi connectivity index (χ4v) is 3.13. The summed E-state index contributed by atoms with van der Waals surface area (Å²) >= 11 is 0. The van der Waals surface area contributed by atoms with E-state index in [1.54, 1.807) is 6.92 Å². The van der Waals surface area contributed by atoms with E-state index in [2.05, 4.69) is 20.1 Å². The van der Waals surface area contributed by atoms with Crippen molar-refractivity contribution in [2.75, 3.05) is 26.3 Å². The maximum atomic E-state index is 12.0. The van der Waals surface area contributed by atoms with Crippen LogP contribution in [0.5, 0.6) is 0 Å². The minimum absolute atomic E-state index is 0.0565. The predicted molar refractivity (Wildman–Crippen MR) is 113 cm³/mol. The number of esters is 2. The Kier molecular flexibility index (Phi) is 12.6. The summed E-state index contributed by atoms with van der Waals surface area (Å²) < 4.78 is 9.10. The SMILES string of the molecule is CCOC(=O)C(C(=O)NCCC(C)(C)CC(C)CNC(=O)C(C(=O)OCC)[N+](=O)[O-])[N+](=O)[O-]. The van der Waals surface area contributed by atoms with Crippen LogP contribution in [0.4, 0.5) is 0 Å². The molecule has 33 heavy (non-hydrogen) atoms. The Hall–Kier alpha value is -3.32. The topological polar surface area (TPSA) is 197 Å². The molecule has 0 fully saturated rings. The normalized spacial score (nSPS) is 13.7. The minimum atomic E-state index is -2.14. The van der Waals surface area contributed by atoms with E-state index in [4.69, 9.17) is 0 Å². The standard InChI is InChI=1S/C19H32N4O10/c1-6-32-17(26)13(22(28)29)15(24)20-9-8-19(4,5)10-12(3)11-21-16(25)14(23(30)31)18(27)33-7-2/h12-14H,6-11H2,1-5H3,(H,20,24)(H,21,25). The Morgan fingerprint density at radius 1 is 0.879 bits per heavy atom. The average molecular weight is 476 g/mol. The van der Waals surface area contributed by atoms with Gasteiger partial charge >= 0.3 is 35.8 Å². The van der Waals surface area contributed by atoms with Crippen LogP contribution < -0.4 is 10.6 Å². The molecule has 14 heteroatoms. The molecule has 0 saturated heterocycles. The minimum Gasteiger partial charge on any atom is -0.460 e. The van der Waals surface area contributed by atoms with Gasteiger partial charge in [-0.1, -0.05) is 20.8 Å². The van der Waals surface area contributed by atoms with Gasteiger partial charge in [-0.15, -0.1) is 0 Å². The van der Waals surface area contributed by atoms with Crippen molar-refractivity contribution in [3.05, 3.63) is 20.2 Å². The first-order valence-electron chi connectivity index (χ1n) is 10.4. The molecule has 3 unspecified atom stereocenters. The van der Waals surface area contributed by atoms with Gasteiger partial charge in [0.2, 0.25) is 0 Å². The molecule has 0 aromatic carbocycles. The molecule has 0 heterocycles. The van der Waals surface area contributed by atoms with Crippen LogP contribution in [-0.4, -0.2) is 72.0 Å². The number of hydrogen-bond acceptors (Lipinski definition) is 10. The Labute approximate surface area is 191 Å². The van der Waals surface area contributed by atoms with Gasteiger partial charge in [-0.25, -0.2) is 9.59 Å². The second-order valence-corrected chi connectivity index (χ2v) is 8.14. The zero-order valence-corrected chi connectivity index (χ0v) is 19.5. The Bertz CT molecular complexity index is 740. The van der Waals surface area contributed by atoms with Crippen LogP contribution in [0.15, 0.2) is 0 Å². The molecule has 0 saturated carbocycles. The van der Waals surface area contributed by atoms with E-state index in [-0.39, 0.29) is 32.2 Å². The van der Waals surface area contributed by atoms with Gasteiger partial charge in [0.15, 0.2) is 0 Å². The number of nitrogens with one attached hydrogen (secondary N) is 2. The summed E-state index contributed by atoms with van der Waals surface area (Å²) in [7, 11) is 0. The monoisotopic (exact) mass is 476 g/mol. The van der Waals surface area contributed by atoms with Gasteiger partial charge in [-0.3, -0.25) is 29.8 Å². The molecular formula is C19H32N4O10. The highest BCUT2D eigenvalue weighted by atomic mass is 16.6. The summed E-state index contributed by atoms with van der Waals surface area (Å²) in [6.45, 7) is 8.38. The Morgan fingerprint density at radius 3 is 1.70 bits per heavy atom. The summed E-state index contributed by atoms with van der Waals surface area (Å²) in [6, 6.07) is -4.29. The maximum absolute atomic E-state index is 12.0. The second-order valence-electron chi connectivity index (χ2n) is 8.14. The van der Waals surface area contributed by atoms with Crippen LogP contribution in [0, 0.1) is 31.6 Å². The summed E-state index contributed by atoms with van der Waals surface area (Å²) in [5.74, 6) is -4.76. The lowest BCUT2D eigenvalue weighted by atomic mass is 9.80. The van der Waals surface area contributed by atoms with Crippen molar-refractivity contribution in [1.29, 1.82) is 0 Å². The quantitative estimate of drug-likeness (QED) is 0.141. The van der Waals surface area contributed by atoms with Gasteiger partial charge < -0.3 is 20.1 Å². The highest BCUT2D eigenvalue weighted by molar-refractivity contribution is 6.01. The van der Waals surface area contributed by atoms with Crippen LogP contribution in [0.1, 0.15) is 47.5 Å². The molecule has 3 atom stereocenters. The van der Waals surface area contributed by atoms with Crippen molar-refractivity contribution < 1.29 is 38.5 Å². The second kappa shape index (κ2) is 14.0. The van der Waals surface area contributed by atoms with Gasteiger partial charge in [-0.2, -0.15) is 0 Å². The molecule has 0 aliphatic carbocycles. The van der Waals surface area contributed by atoms with Crippen molar-refractivity contribution >= 4 is 23.8 Å². The zero-order chi connectivity index (χ0) is 25.8. The van der Waals surface area contributed by atoms with Crippen molar-refractivity contribution in [3.63, 3.8) is 0 Å². The molecular weight excluding hydrogens is 444 g/mol. The number of amides is 2. The molecule has 0 spiro atoms. The zero-order valence-electron chi connectivity index (χ0n) is 19.5. The van der Waals surface area contributed by atoms with Crippen LogP contribution in [0.3, 0.4) is 0 Å². The number of nitro groups is 2. The summed E-state index contributed by atoms with van der Waals surface area (Å²) in [5, 5.41) is 26.7. The first-order valence-corrected chi connectivity index (χ1v) is 10.4. The van der Waals surface area contributed by atoms with E-state index in [0.717, 1.165) is 0 Å². The van der Waals surface area contributed by atoms with Gasteiger partial charge in [0.1, 0.15) is 0 Å². The fraction of sp³-hybridized carbons (Fsp3) is 0.789. The Morgan fingerprint density at radius 2 is 1.30 bits per heavy atom. The molecule has 2 N–H and O–H groups in total. The van der Waals surface area contributed by atoms with Crippen LogP contribution in [-0.2, 0) is 28.7 Å². The molecule has 0 aliphatic heterocycles. The van der Waals surface area contributed by atoms with E-state index in [0.29, 0.717) is 12.8 Å². The van der Waals surface area contributed by atoms with Crippen molar-refractivity contribution in [1.82, 2.24) is 10.6 Å². The van der Waals surface area contributed by atoms with Gasteiger partial charge in [0.25, 0.3) is 0 Å². The van der Waals surface area contributed by atoms with Gasteiger partial charge in [0, 0.05) is 22.9 Å². The van der Waals surface area contributed by atoms with Gasteiger partial charge in [0.05, 0.1) is 13.2 Å². The third kappa shape index (κ3) is 10.7. The van der Waals surface area contributed by atoms with Crippen molar-refractivity contribution in [2.45, 2.75) is 59.5 Å². The highest BCUT2D eigenvalue weighted by Gasteiger charge is 2.40. The first kappa shape index (κ1) is 29.7. The predicted octanol–water partition coefficient (Wildman–Crippen LogP) is 0.0781. The van der Waals surface area contributed by atoms with E-state index in [1.165, 1.54) is 13.8 Å². The van der Waals surface area contributed by atoms with Gasteiger partial charge in [-0.05, 0) is 38.0 Å². The summed E-state index contributed by atoms with van der Waals surface area (Å²) in [5.41, 5.74) is -0.394. The maximum Gasteiger partial charge on any atom is 0.392 e. The highest BCUT2D eigenvalue weighted by Crippen LogP contribution is 2.28. The molecule has 0 bridgehead atoms. The number of ether oxygens (including phenoxy) is 2. The Balaban J connectivity index is 4.70. The number of nitrogens with zero attached hydrogens (tertiary/aromatic N) is 2. The number of hydrogen-bond donors (Lipinski definition) is 2. The van der Waals surface area contributed by atoms with Crippen LogP contribution >= 0.6 is 0 Å². The summed E-state index contributed by atoms with van der Waals surface area (Å²) in [4.78, 5) is 67.2. The number of carbonyl (C=O) groups is 4. The lowest BCUT2D eigenvalue weighted by molar-refractivity contribution is -0.496. The lowest BCUT2D eigenvalue weighted by Crippen LogP contribution is -2.47. The molecule has 0 aromatic rings. The molecule has 0 rings (SSSR count). The number of carbonyl (C=O) groups excluding carboxylic acids is 4. The molecule has 2 amide bonds. The first-order chi connectivity index (χ1) is 15.3. The summed E-state index contributed by atoms with van der Waals surface area (Å²) in [6.07, 6.45) is 0.910. The molecule has 0 aliphatic rings. The van der Waals surface area contributed by atoms with E-state index in [9.17, 15) is 39.4 Å². The lowest BCUT2D eigenvalue weighted by Gasteiger charge is -2.28. The van der Waals surface area contributed by atoms with Crippen LogP contribution in [0.25, 0.3) is 0 Å². The van der Waals surface area contributed by atoms with Crippen molar-refractivity contribution in [2.24, 2.45) is 11.3 Å². The molecule has 0 radical (unpaired) electrons. The third-order valence-corrected chi connectivity index (χ3v) is 4.56. The molecule has 188 valence electrons. The molecule has 14 nitrogen and oxygen atoms in total. The third-order valence-electron chi connectivity index (χ3n) is 4.56. The largest absolute Gasteiger partial charge is 0.460 e. The smallest absolute Gasteiger partial charge is 0.392 e. The number of rotatable bonds is 15.